The normalized spacial score (nSPS) is 17.2. The molecule has 8 heteroatoms. The standard InChI is InChI=1S/C24H19F3INO2S/c1-16-7-13-20(14-8-16)32(30,31)29-22(17-5-3-2-4-6-17)15-21(28)23(29)18-9-11-19(12-10-18)24(25,26)27/h2-14,22H,15H2,1H3. The quantitative estimate of drug-likeness (QED) is 0.319. The van der Waals surface area contributed by atoms with Gasteiger partial charge in [0.1, 0.15) is 0 Å². The van der Waals surface area contributed by atoms with E-state index in [0.717, 1.165) is 26.8 Å². The second-order valence-corrected chi connectivity index (χ2v) is 10.7. The summed E-state index contributed by atoms with van der Waals surface area (Å²) >= 11 is 2.10. The van der Waals surface area contributed by atoms with Gasteiger partial charge in [-0.1, -0.05) is 60.2 Å². The largest absolute Gasteiger partial charge is 0.416 e. The van der Waals surface area contributed by atoms with E-state index >= 15 is 0 Å². The van der Waals surface area contributed by atoms with Crippen molar-refractivity contribution in [3.63, 3.8) is 0 Å². The molecule has 0 saturated carbocycles. The molecular formula is C24H19F3INO2S. The monoisotopic (exact) mass is 569 g/mol. The lowest BCUT2D eigenvalue weighted by Crippen LogP contribution is -2.30. The van der Waals surface area contributed by atoms with Gasteiger partial charge in [-0.3, -0.25) is 4.31 Å². The summed E-state index contributed by atoms with van der Waals surface area (Å²) in [6, 6.07) is 20.0. The van der Waals surface area contributed by atoms with E-state index in [9.17, 15) is 21.6 Å². The van der Waals surface area contributed by atoms with Crippen LogP contribution in [0, 0.1) is 6.92 Å². The third kappa shape index (κ3) is 4.30. The molecule has 1 aliphatic heterocycles. The fourth-order valence-electron chi connectivity index (χ4n) is 3.77. The SMILES string of the molecule is Cc1ccc(S(=O)(=O)N2C(c3ccc(C(F)(F)F)cc3)=C(I)CC2c2ccccc2)cc1. The molecule has 3 aromatic rings. The summed E-state index contributed by atoms with van der Waals surface area (Å²) < 4.78 is 68.9. The summed E-state index contributed by atoms with van der Waals surface area (Å²) in [4.78, 5) is 0.138. The number of aryl methyl sites for hydroxylation is 1. The van der Waals surface area contributed by atoms with E-state index in [1.807, 2.05) is 37.3 Å². The lowest BCUT2D eigenvalue weighted by Gasteiger charge is -2.30. The van der Waals surface area contributed by atoms with Crippen molar-refractivity contribution in [3.8, 4) is 0 Å². The molecule has 0 aliphatic carbocycles. The smallest absolute Gasteiger partial charge is 0.257 e. The molecule has 0 amide bonds. The highest BCUT2D eigenvalue weighted by molar-refractivity contribution is 14.1. The van der Waals surface area contributed by atoms with E-state index in [1.54, 1.807) is 24.3 Å². The number of halogens is 4. The summed E-state index contributed by atoms with van der Waals surface area (Å²) in [6.07, 6.45) is -4.03. The zero-order chi connectivity index (χ0) is 23.1. The average molecular weight is 569 g/mol. The van der Waals surface area contributed by atoms with Crippen molar-refractivity contribution in [3.05, 3.63) is 105 Å². The molecule has 0 bridgehead atoms. The first-order chi connectivity index (χ1) is 15.1. The van der Waals surface area contributed by atoms with Crippen molar-refractivity contribution in [2.45, 2.75) is 30.5 Å². The molecule has 3 nitrogen and oxygen atoms in total. The first kappa shape index (κ1) is 22.8. The molecule has 1 heterocycles. The fraction of sp³-hybridized carbons (Fsp3) is 0.167. The minimum atomic E-state index is -4.46. The predicted molar refractivity (Wildman–Crippen MR) is 126 cm³/mol. The minimum Gasteiger partial charge on any atom is -0.257 e. The van der Waals surface area contributed by atoms with E-state index in [1.165, 1.54) is 16.4 Å². The predicted octanol–water partition coefficient (Wildman–Crippen LogP) is 6.95. The Morgan fingerprint density at radius 3 is 2.06 bits per heavy atom. The number of rotatable bonds is 4. The lowest BCUT2D eigenvalue weighted by atomic mass is 10.1. The Hall–Kier alpha value is -2.33. The van der Waals surface area contributed by atoms with Crippen molar-refractivity contribution in [1.82, 2.24) is 4.31 Å². The number of nitrogens with zero attached hydrogens (tertiary/aromatic N) is 1. The van der Waals surface area contributed by atoms with Gasteiger partial charge in [0.2, 0.25) is 0 Å². The molecule has 0 spiro atoms. The van der Waals surface area contributed by atoms with Crippen LogP contribution in [0.15, 0.2) is 87.3 Å². The highest BCUT2D eigenvalue weighted by Crippen LogP contribution is 2.49. The zero-order valence-electron chi connectivity index (χ0n) is 17.0. The van der Waals surface area contributed by atoms with Gasteiger partial charge in [0.25, 0.3) is 10.0 Å². The molecule has 3 aromatic carbocycles. The van der Waals surface area contributed by atoms with Crippen molar-refractivity contribution >= 4 is 38.3 Å². The number of alkyl halides is 3. The second-order valence-electron chi connectivity index (χ2n) is 7.57. The molecular weight excluding hydrogens is 550 g/mol. The Labute approximate surface area is 198 Å². The Bertz CT molecular complexity index is 1250. The van der Waals surface area contributed by atoms with Gasteiger partial charge in [-0.15, -0.1) is 0 Å². The van der Waals surface area contributed by atoms with Crippen LogP contribution in [0.3, 0.4) is 0 Å². The molecule has 4 rings (SSSR count). The second kappa shape index (κ2) is 8.55. The Kier molecular flexibility index (Phi) is 6.10. The maximum absolute atomic E-state index is 13.8. The summed E-state index contributed by atoms with van der Waals surface area (Å²) in [5, 5.41) is 0. The molecule has 0 fully saturated rings. The van der Waals surface area contributed by atoms with Gasteiger partial charge in [-0.25, -0.2) is 8.42 Å². The van der Waals surface area contributed by atoms with Crippen molar-refractivity contribution in [1.29, 1.82) is 0 Å². The molecule has 1 aliphatic rings. The van der Waals surface area contributed by atoms with Crippen LogP contribution >= 0.6 is 22.6 Å². The molecule has 1 unspecified atom stereocenters. The molecule has 166 valence electrons. The first-order valence-electron chi connectivity index (χ1n) is 9.81. The Balaban J connectivity index is 1.86. The van der Waals surface area contributed by atoms with Crippen LogP contribution in [0.2, 0.25) is 0 Å². The van der Waals surface area contributed by atoms with Crippen LogP contribution < -0.4 is 0 Å². The topological polar surface area (TPSA) is 37.4 Å². The van der Waals surface area contributed by atoms with Crippen LogP contribution in [-0.4, -0.2) is 12.7 Å². The minimum absolute atomic E-state index is 0.138. The van der Waals surface area contributed by atoms with Gasteiger partial charge in [0.05, 0.1) is 22.2 Å². The molecule has 0 radical (unpaired) electrons. The maximum Gasteiger partial charge on any atom is 0.416 e. The van der Waals surface area contributed by atoms with Gasteiger partial charge in [-0.2, -0.15) is 13.2 Å². The molecule has 0 N–H and O–H groups in total. The molecule has 32 heavy (non-hydrogen) atoms. The molecule has 1 atom stereocenters. The van der Waals surface area contributed by atoms with Crippen LogP contribution in [-0.2, 0) is 16.2 Å². The van der Waals surface area contributed by atoms with Gasteiger partial charge >= 0.3 is 6.18 Å². The first-order valence-corrected chi connectivity index (χ1v) is 12.3. The summed E-state index contributed by atoms with van der Waals surface area (Å²) in [7, 11) is -3.97. The third-order valence-electron chi connectivity index (χ3n) is 5.38. The number of sulfonamides is 1. The van der Waals surface area contributed by atoms with Gasteiger partial charge in [-0.05, 0) is 64.9 Å². The average Bonchev–Trinajstić information content (AvgIpc) is 3.12. The van der Waals surface area contributed by atoms with Crippen LogP contribution in [0.25, 0.3) is 5.70 Å². The fourth-order valence-corrected chi connectivity index (χ4v) is 6.61. The Morgan fingerprint density at radius 2 is 1.50 bits per heavy atom. The van der Waals surface area contributed by atoms with E-state index in [0.29, 0.717) is 17.7 Å². The number of hydrogen-bond acceptors (Lipinski definition) is 2. The highest BCUT2D eigenvalue weighted by atomic mass is 127. The summed E-state index contributed by atoms with van der Waals surface area (Å²) in [5.41, 5.74) is 1.81. The summed E-state index contributed by atoms with van der Waals surface area (Å²) in [6.45, 7) is 1.87. The molecule has 0 aromatic heterocycles. The zero-order valence-corrected chi connectivity index (χ0v) is 19.9. The highest BCUT2D eigenvalue weighted by Gasteiger charge is 2.41. The van der Waals surface area contributed by atoms with E-state index in [2.05, 4.69) is 22.6 Å². The van der Waals surface area contributed by atoms with Gasteiger partial charge < -0.3 is 0 Å². The number of benzene rings is 3. The number of hydrogen-bond donors (Lipinski definition) is 0. The van der Waals surface area contributed by atoms with Crippen molar-refractivity contribution < 1.29 is 21.6 Å². The molecule has 0 saturated heterocycles. The van der Waals surface area contributed by atoms with E-state index in [4.69, 9.17) is 0 Å². The third-order valence-corrected chi connectivity index (χ3v) is 8.15. The van der Waals surface area contributed by atoms with Crippen LogP contribution in [0.4, 0.5) is 13.2 Å². The van der Waals surface area contributed by atoms with Crippen LogP contribution in [0.5, 0.6) is 0 Å². The van der Waals surface area contributed by atoms with Crippen molar-refractivity contribution in [2.75, 3.05) is 0 Å². The van der Waals surface area contributed by atoms with Crippen LogP contribution in [0.1, 0.15) is 34.7 Å². The van der Waals surface area contributed by atoms with Crippen molar-refractivity contribution in [2.24, 2.45) is 0 Å². The Morgan fingerprint density at radius 1 is 0.906 bits per heavy atom. The van der Waals surface area contributed by atoms with Gasteiger partial charge in [0, 0.05) is 10.0 Å². The van der Waals surface area contributed by atoms with Gasteiger partial charge in [0.15, 0.2) is 0 Å². The summed E-state index contributed by atoms with van der Waals surface area (Å²) in [5.74, 6) is 0. The van der Waals surface area contributed by atoms with E-state index < -0.39 is 27.8 Å². The van der Waals surface area contributed by atoms with E-state index in [-0.39, 0.29) is 4.90 Å². The lowest BCUT2D eigenvalue weighted by molar-refractivity contribution is -0.137. The maximum atomic E-state index is 13.8.